The number of phenols is 1. The zero-order valence-electron chi connectivity index (χ0n) is 20.6. The Morgan fingerprint density at radius 2 is 1.71 bits per heavy atom. The Kier molecular flexibility index (Phi) is 8.58. The number of fused-ring (bicyclic) bond motifs is 1. The van der Waals surface area contributed by atoms with Gasteiger partial charge in [-0.1, -0.05) is 83.9 Å². The molecule has 7 heteroatoms. The number of nitrogens with zero attached hydrogens (tertiary/aromatic N) is 3. The number of aliphatic carboxylic acids is 1. The van der Waals surface area contributed by atoms with Crippen LogP contribution in [-0.2, 0) is 16.6 Å². The summed E-state index contributed by atoms with van der Waals surface area (Å²) < 4.78 is 0. The van der Waals surface area contributed by atoms with Crippen molar-refractivity contribution >= 4 is 28.6 Å². The zero-order valence-corrected chi connectivity index (χ0v) is 21.4. The van der Waals surface area contributed by atoms with E-state index in [2.05, 4.69) is 17.1 Å². The highest BCUT2D eigenvalue weighted by molar-refractivity contribution is 6.31. The lowest BCUT2D eigenvalue weighted by Gasteiger charge is -2.26. The molecule has 1 heterocycles. The number of benzene rings is 2. The van der Waals surface area contributed by atoms with E-state index in [-0.39, 0.29) is 5.75 Å². The normalized spacial score (nSPS) is 12.9. The highest BCUT2D eigenvalue weighted by Gasteiger charge is 2.29. The van der Waals surface area contributed by atoms with Crippen LogP contribution in [0.5, 0.6) is 5.75 Å². The van der Waals surface area contributed by atoms with Crippen LogP contribution in [0.25, 0.3) is 16.7 Å². The van der Waals surface area contributed by atoms with Crippen LogP contribution in [0.4, 0.5) is 0 Å². The maximum Gasteiger partial charge on any atom is 0.306 e. The number of carboxylic acids is 1. The lowest BCUT2D eigenvalue weighted by Crippen LogP contribution is -2.22. The smallest absolute Gasteiger partial charge is 0.306 e. The van der Waals surface area contributed by atoms with Crippen molar-refractivity contribution < 1.29 is 15.0 Å². The molecule has 0 spiro atoms. The molecule has 3 aromatic rings. The fraction of sp³-hybridized carbons (Fsp3) is 0.519. The van der Waals surface area contributed by atoms with E-state index in [1.807, 2.05) is 20.8 Å². The molecule has 1 aromatic heterocycles. The lowest BCUT2D eigenvalue weighted by molar-refractivity contribution is -0.142. The molecule has 0 bridgehead atoms. The van der Waals surface area contributed by atoms with Crippen molar-refractivity contribution in [2.24, 2.45) is 5.92 Å². The molecule has 184 valence electrons. The van der Waals surface area contributed by atoms with Gasteiger partial charge in [0.2, 0.25) is 0 Å². The van der Waals surface area contributed by atoms with E-state index < -0.39 is 17.3 Å². The first-order valence-electron chi connectivity index (χ1n) is 12.2. The molecule has 1 atom stereocenters. The molecule has 0 aliphatic heterocycles. The minimum absolute atomic E-state index is 0.147. The molecule has 2 aromatic carbocycles. The quantitative estimate of drug-likeness (QED) is 0.283. The molecular weight excluding hydrogens is 450 g/mol. The molecule has 0 saturated carbocycles. The maximum absolute atomic E-state index is 12.1. The average Bonchev–Trinajstić information content (AvgIpc) is 3.17. The monoisotopic (exact) mass is 485 g/mol. The summed E-state index contributed by atoms with van der Waals surface area (Å²) in [6.07, 6.45) is 7.68. The second kappa shape index (κ2) is 11.2. The van der Waals surface area contributed by atoms with E-state index in [1.165, 1.54) is 24.1 Å². The third-order valence-electron chi connectivity index (χ3n) is 6.25. The summed E-state index contributed by atoms with van der Waals surface area (Å²) in [5, 5.41) is 30.6. The molecular formula is C27H36ClN3O3. The molecule has 1 unspecified atom stereocenters. The molecule has 6 nitrogen and oxygen atoms in total. The van der Waals surface area contributed by atoms with Gasteiger partial charge in [0.15, 0.2) is 0 Å². The van der Waals surface area contributed by atoms with Gasteiger partial charge in [0, 0.05) is 10.6 Å². The summed E-state index contributed by atoms with van der Waals surface area (Å²) in [6.45, 7) is 8.23. The second-order valence-electron chi connectivity index (χ2n) is 10.1. The number of halogens is 1. The standard InChI is InChI=1S/C27H36ClN3O3/c1-5-6-7-8-9-10-11-19(26(33)34)16-18-12-15-23(32)24(27(2,3)4)25(18)31-29-21-14-13-20(28)17-22(21)30-31/h12-15,17,19,32H,5-11,16H2,1-4H3,(H,33,34). The Labute approximate surface area is 206 Å². The Balaban J connectivity index is 1.98. The van der Waals surface area contributed by atoms with Gasteiger partial charge in [-0.3, -0.25) is 4.79 Å². The molecule has 0 aliphatic carbocycles. The van der Waals surface area contributed by atoms with Crippen LogP contribution in [0.15, 0.2) is 30.3 Å². The van der Waals surface area contributed by atoms with E-state index in [9.17, 15) is 15.0 Å². The molecule has 0 saturated heterocycles. The summed E-state index contributed by atoms with van der Waals surface area (Å²) in [7, 11) is 0. The van der Waals surface area contributed by atoms with Gasteiger partial charge in [-0.15, -0.1) is 15.0 Å². The van der Waals surface area contributed by atoms with Crippen molar-refractivity contribution in [2.75, 3.05) is 0 Å². The fourth-order valence-electron chi connectivity index (χ4n) is 4.49. The largest absolute Gasteiger partial charge is 0.508 e. The van der Waals surface area contributed by atoms with Crippen LogP contribution in [-0.4, -0.2) is 31.2 Å². The predicted molar refractivity (Wildman–Crippen MR) is 137 cm³/mol. The first kappa shape index (κ1) is 26.0. The summed E-state index contributed by atoms with van der Waals surface area (Å²) in [5.74, 6) is -1.16. The van der Waals surface area contributed by atoms with Gasteiger partial charge in [0.05, 0.1) is 11.6 Å². The number of unbranched alkanes of at least 4 members (excludes halogenated alkanes) is 5. The van der Waals surface area contributed by atoms with Gasteiger partial charge in [-0.05, 0) is 48.1 Å². The highest BCUT2D eigenvalue weighted by atomic mass is 35.5. The first-order chi connectivity index (χ1) is 16.1. The Hall–Kier alpha value is -2.60. The van der Waals surface area contributed by atoms with Crippen molar-refractivity contribution in [1.29, 1.82) is 0 Å². The van der Waals surface area contributed by atoms with Gasteiger partial charge < -0.3 is 10.2 Å². The Bertz CT molecular complexity index is 1130. The minimum Gasteiger partial charge on any atom is -0.508 e. The maximum atomic E-state index is 12.1. The van der Waals surface area contributed by atoms with E-state index in [4.69, 9.17) is 11.6 Å². The average molecular weight is 486 g/mol. The van der Waals surface area contributed by atoms with E-state index in [1.54, 1.807) is 30.3 Å². The molecule has 0 radical (unpaired) electrons. The molecule has 0 amide bonds. The zero-order chi connectivity index (χ0) is 24.9. The summed E-state index contributed by atoms with van der Waals surface area (Å²) in [5.41, 5.74) is 3.07. The van der Waals surface area contributed by atoms with Gasteiger partial charge in [-0.2, -0.15) is 0 Å². The number of aromatic nitrogens is 3. The molecule has 0 fully saturated rings. The second-order valence-corrected chi connectivity index (χ2v) is 10.6. The number of hydrogen-bond donors (Lipinski definition) is 2. The number of carbonyl (C=O) groups is 1. The van der Waals surface area contributed by atoms with Crippen LogP contribution in [0, 0.1) is 5.92 Å². The molecule has 3 rings (SSSR count). The van der Waals surface area contributed by atoms with Crippen molar-refractivity contribution in [3.05, 3.63) is 46.5 Å². The number of phenolic OH excluding ortho intramolecular Hbond substituents is 1. The van der Waals surface area contributed by atoms with Crippen molar-refractivity contribution in [2.45, 2.75) is 84.5 Å². The Morgan fingerprint density at radius 1 is 1.03 bits per heavy atom. The fourth-order valence-corrected chi connectivity index (χ4v) is 4.66. The minimum atomic E-state index is -0.796. The third kappa shape index (κ3) is 6.29. The van der Waals surface area contributed by atoms with Crippen molar-refractivity contribution in [3.8, 4) is 11.4 Å². The molecule has 34 heavy (non-hydrogen) atoms. The number of rotatable bonds is 11. The van der Waals surface area contributed by atoms with Crippen LogP contribution in [0.2, 0.25) is 5.02 Å². The van der Waals surface area contributed by atoms with E-state index >= 15 is 0 Å². The van der Waals surface area contributed by atoms with Gasteiger partial charge >= 0.3 is 5.97 Å². The Morgan fingerprint density at radius 3 is 2.38 bits per heavy atom. The topological polar surface area (TPSA) is 88.2 Å². The SMILES string of the molecule is CCCCCCCCC(Cc1ccc(O)c(C(C)(C)C)c1-n1nc2ccc(Cl)cc2n1)C(=O)O. The van der Waals surface area contributed by atoms with Crippen LogP contribution >= 0.6 is 11.6 Å². The van der Waals surface area contributed by atoms with Crippen LogP contribution < -0.4 is 0 Å². The molecule has 2 N–H and O–H groups in total. The van der Waals surface area contributed by atoms with Crippen LogP contribution in [0.1, 0.15) is 83.8 Å². The number of aromatic hydroxyl groups is 1. The summed E-state index contributed by atoms with van der Waals surface area (Å²) >= 11 is 6.14. The van der Waals surface area contributed by atoms with Gasteiger partial charge in [0.25, 0.3) is 0 Å². The van der Waals surface area contributed by atoms with E-state index in [0.29, 0.717) is 40.1 Å². The van der Waals surface area contributed by atoms with Crippen molar-refractivity contribution in [1.82, 2.24) is 15.0 Å². The van der Waals surface area contributed by atoms with Crippen molar-refractivity contribution in [3.63, 3.8) is 0 Å². The lowest BCUT2D eigenvalue weighted by atomic mass is 9.82. The van der Waals surface area contributed by atoms with Gasteiger partial charge in [-0.25, -0.2) is 0 Å². The van der Waals surface area contributed by atoms with Gasteiger partial charge in [0.1, 0.15) is 16.8 Å². The first-order valence-corrected chi connectivity index (χ1v) is 12.6. The number of carboxylic acid groups (broad SMARTS) is 1. The summed E-state index contributed by atoms with van der Waals surface area (Å²) in [6, 6.07) is 8.77. The summed E-state index contributed by atoms with van der Waals surface area (Å²) in [4.78, 5) is 13.7. The third-order valence-corrected chi connectivity index (χ3v) is 6.49. The molecule has 0 aliphatic rings. The number of hydrogen-bond acceptors (Lipinski definition) is 4. The predicted octanol–water partition coefficient (Wildman–Crippen LogP) is 7.07. The van der Waals surface area contributed by atoms with E-state index in [0.717, 1.165) is 24.8 Å². The highest BCUT2D eigenvalue weighted by Crippen LogP contribution is 2.38. The van der Waals surface area contributed by atoms with Crippen LogP contribution in [0.3, 0.4) is 0 Å².